The molecule has 2 heterocycles. The second kappa shape index (κ2) is 12.3. The number of allylic oxidation sites excluding steroid dienone is 1. The van der Waals surface area contributed by atoms with Crippen LogP contribution in [0.15, 0.2) is 106 Å². The van der Waals surface area contributed by atoms with E-state index in [1.807, 2.05) is 42.5 Å². The number of thiazole rings is 1. The van der Waals surface area contributed by atoms with Crippen LogP contribution in [0.1, 0.15) is 36.6 Å². The van der Waals surface area contributed by atoms with Crippen molar-refractivity contribution < 1.29 is 23.4 Å². The highest BCUT2D eigenvalue weighted by Crippen LogP contribution is 2.32. The van der Waals surface area contributed by atoms with Crippen molar-refractivity contribution in [3.8, 4) is 11.5 Å². The molecule has 44 heavy (non-hydrogen) atoms. The van der Waals surface area contributed by atoms with Gasteiger partial charge in [0, 0.05) is 0 Å². The second-order valence-corrected chi connectivity index (χ2v) is 11.2. The first-order valence-electron chi connectivity index (χ1n) is 14.1. The molecule has 0 radical (unpaired) electrons. The molecule has 7 nitrogen and oxygen atoms in total. The minimum absolute atomic E-state index is 0.166. The number of carbonyl (C=O) groups is 1. The summed E-state index contributed by atoms with van der Waals surface area (Å²) in [5.74, 6) is 0.112. The summed E-state index contributed by atoms with van der Waals surface area (Å²) < 4.78 is 32.8. The van der Waals surface area contributed by atoms with E-state index in [0.717, 1.165) is 21.9 Å². The lowest BCUT2D eigenvalue weighted by Crippen LogP contribution is -2.39. The van der Waals surface area contributed by atoms with Crippen LogP contribution in [0.5, 0.6) is 11.5 Å². The van der Waals surface area contributed by atoms with Crippen LogP contribution in [0, 0.1) is 5.82 Å². The van der Waals surface area contributed by atoms with E-state index in [2.05, 4.69) is 23.2 Å². The molecule has 222 valence electrons. The molecule has 0 N–H and O–H groups in total. The number of fused-ring (bicyclic) bond motifs is 2. The zero-order chi connectivity index (χ0) is 30.8. The largest absolute Gasteiger partial charge is 0.493 e. The molecule has 1 aromatic heterocycles. The van der Waals surface area contributed by atoms with Gasteiger partial charge in [-0.05, 0) is 71.7 Å². The lowest BCUT2D eigenvalue weighted by atomic mass is 9.96. The van der Waals surface area contributed by atoms with Crippen molar-refractivity contribution in [3.05, 3.63) is 138 Å². The fraction of sp³-hybridized carbons (Fsp3) is 0.171. The molecule has 0 bridgehead atoms. The monoisotopic (exact) mass is 608 g/mol. The number of nitrogens with zero attached hydrogens (tertiary/aromatic N) is 2. The summed E-state index contributed by atoms with van der Waals surface area (Å²) in [6.45, 7) is 3.95. The highest BCUT2D eigenvalue weighted by atomic mass is 32.1. The quantitative estimate of drug-likeness (QED) is 0.212. The van der Waals surface area contributed by atoms with Crippen molar-refractivity contribution in [1.82, 2.24) is 4.57 Å². The van der Waals surface area contributed by atoms with Gasteiger partial charge in [0.15, 0.2) is 16.3 Å². The van der Waals surface area contributed by atoms with E-state index < -0.39 is 17.8 Å². The standard InChI is InChI=1S/C35H29FN2O5S/c1-4-42-34(40)31-21(2)37-35-38(32(31)24-13-15-26(36)16-14-24)33(39)30(44-35)19-22-12-17-28(29(18-22)41-3)43-20-25-10-7-9-23-8-5-6-11-27(23)25/h5-19,32H,4,20H2,1-3H3/b30-19-/t32-/m1/s1. The van der Waals surface area contributed by atoms with E-state index in [4.69, 9.17) is 14.2 Å². The Bertz CT molecular complexity index is 2090. The van der Waals surface area contributed by atoms with Gasteiger partial charge in [-0.2, -0.15) is 0 Å². The zero-order valence-corrected chi connectivity index (χ0v) is 25.2. The van der Waals surface area contributed by atoms with Crippen LogP contribution < -0.4 is 24.4 Å². The Morgan fingerprint density at radius 2 is 1.80 bits per heavy atom. The molecule has 0 saturated heterocycles. The molecule has 5 aromatic rings. The molecule has 4 aromatic carbocycles. The van der Waals surface area contributed by atoms with Gasteiger partial charge in [0.1, 0.15) is 12.4 Å². The third-order valence-corrected chi connectivity index (χ3v) is 8.43. The number of hydrogen-bond donors (Lipinski definition) is 0. The average Bonchev–Trinajstić information content (AvgIpc) is 3.33. The first-order chi connectivity index (χ1) is 21.4. The Balaban J connectivity index is 1.36. The van der Waals surface area contributed by atoms with Gasteiger partial charge in [0.2, 0.25) is 0 Å². The van der Waals surface area contributed by atoms with Gasteiger partial charge in [-0.3, -0.25) is 9.36 Å². The topological polar surface area (TPSA) is 79.1 Å². The molecule has 0 fully saturated rings. The minimum Gasteiger partial charge on any atom is -0.493 e. The summed E-state index contributed by atoms with van der Waals surface area (Å²) in [6, 6.07) is 24.7. The van der Waals surface area contributed by atoms with Crippen molar-refractivity contribution in [2.24, 2.45) is 4.99 Å². The zero-order valence-electron chi connectivity index (χ0n) is 24.4. The third-order valence-electron chi connectivity index (χ3n) is 7.45. The normalized spacial score (nSPS) is 14.7. The van der Waals surface area contributed by atoms with E-state index >= 15 is 0 Å². The summed E-state index contributed by atoms with van der Waals surface area (Å²) in [7, 11) is 1.57. The molecule has 0 amide bonds. The number of methoxy groups -OCH3 is 1. The fourth-order valence-corrected chi connectivity index (χ4v) is 6.42. The van der Waals surface area contributed by atoms with E-state index in [1.54, 1.807) is 39.2 Å². The Morgan fingerprint density at radius 1 is 1.02 bits per heavy atom. The average molecular weight is 609 g/mol. The number of ether oxygens (including phenoxy) is 3. The van der Waals surface area contributed by atoms with Gasteiger partial charge in [-0.15, -0.1) is 0 Å². The predicted octanol–water partition coefficient (Wildman–Crippen LogP) is 5.68. The van der Waals surface area contributed by atoms with Crippen LogP contribution in [0.4, 0.5) is 4.39 Å². The smallest absolute Gasteiger partial charge is 0.338 e. The van der Waals surface area contributed by atoms with Crippen LogP contribution in [0.3, 0.4) is 0 Å². The summed E-state index contributed by atoms with van der Waals surface area (Å²) in [5.41, 5.74) is 2.72. The maximum atomic E-state index is 13.9. The molecule has 0 aliphatic carbocycles. The SMILES string of the molecule is CCOC(=O)C1=C(C)N=c2s/c(=C\c3ccc(OCc4cccc5ccccc45)c(OC)c3)c(=O)n2[C@@H]1c1ccc(F)cc1. The van der Waals surface area contributed by atoms with Crippen molar-refractivity contribution in [1.29, 1.82) is 0 Å². The van der Waals surface area contributed by atoms with Gasteiger partial charge in [-0.1, -0.05) is 72.0 Å². The van der Waals surface area contributed by atoms with Gasteiger partial charge in [0.05, 0.1) is 35.6 Å². The minimum atomic E-state index is -0.813. The number of benzene rings is 4. The maximum absolute atomic E-state index is 13.9. The third kappa shape index (κ3) is 5.54. The van der Waals surface area contributed by atoms with Gasteiger partial charge in [0.25, 0.3) is 5.56 Å². The predicted molar refractivity (Wildman–Crippen MR) is 168 cm³/mol. The van der Waals surface area contributed by atoms with Crippen LogP contribution in [-0.4, -0.2) is 24.3 Å². The van der Waals surface area contributed by atoms with Gasteiger partial charge in [-0.25, -0.2) is 14.2 Å². The second-order valence-electron chi connectivity index (χ2n) is 10.2. The molecule has 0 unspecified atom stereocenters. The van der Waals surface area contributed by atoms with E-state index in [1.165, 1.54) is 28.0 Å². The molecule has 0 spiro atoms. The summed E-state index contributed by atoms with van der Waals surface area (Å²) in [6.07, 6.45) is 1.76. The van der Waals surface area contributed by atoms with Crippen molar-refractivity contribution >= 4 is 34.2 Å². The number of aromatic nitrogens is 1. The number of carbonyl (C=O) groups excluding carboxylic acids is 1. The Hall–Kier alpha value is -5.02. The molecule has 1 aliphatic rings. The van der Waals surface area contributed by atoms with E-state index in [-0.39, 0.29) is 17.7 Å². The maximum Gasteiger partial charge on any atom is 0.338 e. The highest BCUT2D eigenvalue weighted by molar-refractivity contribution is 7.07. The van der Waals surface area contributed by atoms with Crippen molar-refractivity contribution in [2.45, 2.75) is 26.5 Å². The Labute approximate surface area is 256 Å². The Kier molecular flexibility index (Phi) is 8.13. The summed E-state index contributed by atoms with van der Waals surface area (Å²) in [5, 5.41) is 2.27. The molecule has 1 atom stereocenters. The van der Waals surface area contributed by atoms with Crippen LogP contribution in [0.25, 0.3) is 16.8 Å². The number of esters is 1. The summed E-state index contributed by atoms with van der Waals surface area (Å²) in [4.78, 5) is 31.9. The van der Waals surface area contributed by atoms with E-state index in [0.29, 0.717) is 38.7 Å². The van der Waals surface area contributed by atoms with Gasteiger partial charge < -0.3 is 14.2 Å². The van der Waals surface area contributed by atoms with Crippen molar-refractivity contribution in [3.63, 3.8) is 0 Å². The van der Waals surface area contributed by atoms with Crippen LogP contribution in [-0.2, 0) is 16.1 Å². The first-order valence-corrected chi connectivity index (χ1v) is 14.9. The van der Waals surface area contributed by atoms with Crippen LogP contribution in [0.2, 0.25) is 0 Å². The molecule has 1 aliphatic heterocycles. The van der Waals surface area contributed by atoms with Crippen molar-refractivity contribution in [2.75, 3.05) is 13.7 Å². The lowest BCUT2D eigenvalue weighted by Gasteiger charge is -2.24. The number of hydrogen-bond acceptors (Lipinski definition) is 7. The van der Waals surface area contributed by atoms with Crippen LogP contribution >= 0.6 is 11.3 Å². The lowest BCUT2D eigenvalue weighted by molar-refractivity contribution is -0.139. The Morgan fingerprint density at radius 3 is 2.57 bits per heavy atom. The molecule has 0 saturated carbocycles. The molecular formula is C35H29FN2O5S. The highest BCUT2D eigenvalue weighted by Gasteiger charge is 2.33. The van der Waals surface area contributed by atoms with Gasteiger partial charge >= 0.3 is 5.97 Å². The molecule has 9 heteroatoms. The number of halogens is 1. The fourth-order valence-electron chi connectivity index (χ4n) is 5.37. The first kappa shape index (κ1) is 29.1. The number of rotatable bonds is 8. The summed E-state index contributed by atoms with van der Waals surface area (Å²) >= 11 is 1.21. The molecular weight excluding hydrogens is 579 g/mol. The molecule has 6 rings (SSSR count). The van der Waals surface area contributed by atoms with E-state index in [9.17, 15) is 14.0 Å².